The van der Waals surface area contributed by atoms with E-state index in [0.717, 1.165) is 12.0 Å². The Hall–Kier alpha value is -2.43. The summed E-state index contributed by atoms with van der Waals surface area (Å²) in [6.07, 6.45) is 0.921. The Morgan fingerprint density at radius 2 is 1.71 bits per heavy atom. The second kappa shape index (κ2) is 7.43. The highest BCUT2D eigenvalue weighted by molar-refractivity contribution is 6.06. The molecule has 0 bridgehead atoms. The third-order valence-corrected chi connectivity index (χ3v) is 4.44. The van der Waals surface area contributed by atoms with Gasteiger partial charge in [0.25, 0.3) is 0 Å². The van der Waals surface area contributed by atoms with Crippen LogP contribution in [-0.2, 0) is 25.5 Å². The van der Waals surface area contributed by atoms with Crippen molar-refractivity contribution in [2.45, 2.75) is 33.1 Å². The summed E-state index contributed by atoms with van der Waals surface area (Å²) >= 11 is 0. The molecule has 128 valence electrons. The molecular weight excluding hydrogens is 306 g/mol. The first-order valence-electron chi connectivity index (χ1n) is 7.95. The lowest BCUT2D eigenvalue weighted by atomic mass is 9.75. The van der Waals surface area contributed by atoms with Crippen LogP contribution in [0, 0.1) is 5.92 Å². The summed E-state index contributed by atoms with van der Waals surface area (Å²) in [7, 11) is 2.67. The quantitative estimate of drug-likeness (QED) is 0.797. The maximum atomic E-state index is 12.4. The number of allylic oxidation sites excluding steroid dienone is 1. The minimum absolute atomic E-state index is 0.405. The molecule has 1 aromatic carbocycles. The minimum Gasteiger partial charge on any atom is -0.468 e. The van der Waals surface area contributed by atoms with Gasteiger partial charge in [-0.25, -0.2) is 4.79 Å². The lowest BCUT2D eigenvalue weighted by molar-refractivity contribution is -0.143. The third-order valence-electron chi connectivity index (χ3n) is 4.44. The van der Waals surface area contributed by atoms with Crippen molar-refractivity contribution in [1.82, 2.24) is 0 Å². The van der Waals surface area contributed by atoms with Crippen LogP contribution < -0.4 is 0 Å². The number of ether oxygens (including phenoxy) is 2. The fourth-order valence-corrected chi connectivity index (χ4v) is 3.17. The summed E-state index contributed by atoms with van der Waals surface area (Å²) in [5, 5.41) is 0. The molecule has 0 saturated carbocycles. The highest BCUT2D eigenvalue weighted by atomic mass is 16.5. The van der Waals surface area contributed by atoms with Crippen molar-refractivity contribution in [2.75, 3.05) is 14.2 Å². The Bertz CT molecular complexity index is 701. The summed E-state index contributed by atoms with van der Waals surface area (Å²) in [5.41, 5.74) is 3.68. The zero-order valence-electron chi connectivity index (χ0n) is 14.8. The predicted molar refractivity (Wildman–Crippen MR) is 91.9 cm³/mol. The number of rotatable bonds is 4. The predicted octanol–water partition coefficient (Wildman–Crippen LogP) is 3.04. The average molecular weight is 329 g/mol. The number of aliphatic imine (C=N–C) groups is 1. The van der Waals surface area contributed by atoms with Gasteiger partial charge in [-0.15, -0.1) is 0 Å². The number of esters is 2. The Balaban J connectivity index is 2.62. The first-order valence-corrected chi connectivity index (χ1v) is 7.95. The van der Waals surface area contributed by atoms with E-state index in [1.807, 2.05) is 24.3 Å². The van der Waals surface area contributed by atoms with Gasteiger partial charge in [-0.2, -0.15) is 0 Å². The third kappa shape index (κ3) is 3.25. The second-order valence-corrected chi connectivity index (χ2v) is 5.82. The molecule has 24 heavy (non-hydrogen) atoms. The van der Waals surface area contributed by atoms with Gasteiger partial charge in [0, 0.05) is 17.3 Å². The Morgan fingerprint density at radius 1 is 1.08 bits per heavy atom. The topological polar surface area (TPSA) is 65.0 Å². The Morgan fingerprint density at radius 3 is 2.21 bits per heavy atom. The molecular formula is C19H23NO4. The van der Waals surface area contributed by atoms with E-state index in [9.17, 15) is 9.59 Å². The smallest absolute Gasteiger partial charge is 0.336 e. The van der Waals surface area contributed by atoms with Crippen LogP contribution in [0.3, 0.4) is 0 Å². The average Bonchev–Trinajstić information content (AvgIpc) is 2.60. The highest BCUT2D eigenvalue weighted by Crippen LogP contribution is 2.40. The first-order chi connectivity index (χ1) is 11.4. The van der Waals surface area contributed by atoms with Crippen molar-refractivity contribution < 1.29 is 19.1 Å². The fourth-order valence-electron chi connectivity index (χ4n) is 3.17. The largest absolute Gasteiger partial charge is 0.468 e. The molecule has 0 spiro atoms. The van der Waals surface area contributed by atoms with Gasteiger partial charge < -0.3 is 9.47 Å². The van der Waals surface area contributed by atoms with E-state index in [2.05, 4.69) is 11.9 Å². The summed E-state index contributed by atoms with van der Waals surface area (Å²) in [5.74, 6) is -1.98. The lowest BCUT2D eigenvalue weighted by Crippen LogP contribution is -2.36. The molecule has 1 aliphatic rings. The van der Waals surface area contributed by atoms with Crippen molar-refractivity contribution >= 4 is 17.7 Å². The van der Waals surface area contributed by atoms with Crippen LogP contribution in [0.2, 0.25) is 0 Å². The molecule has 0 N–H and O–H groups in total. The molecule has 0 amide bonds. The number of benzene rings is 1. The molecule has 1 aromatic rings. The molecule has 0 aliphatic carbocycles. The molecule has 1 heterocycles. The van der Waals surface area contributed by atoms with E-state index in [-0.39, 0.29) is 0 Å². The molecule has 5 nitrogen and oxygen atoms in total. The van der Waals surface area contributed by atoms with E-state index in [1.54, 1.807) is 13.8 Å². The number of nitrogens with zero attached hydrogens (tertiary/aromatic N) is 1. The van der Waals surface area contributed by atoms with Crippen molar-refractivity contribution in [3.8, 4) is 0 Å². The van der Waals surface area contributed by atoms with Gasteiger partial charge in [0.15, 0.2) is 0 Å². The van der Waals surface area contributed by atoms with Gasteiger partial charge in [-0.05, 0) is 31.4 Å². The molecule has 0 fully saturated rings. The Kier molecular flexibility index (Phi) is 5.54. The lowest BCUT2D eigenvalue weighted by Gasteiger charge is -2.31. The van der Waals surface area contributed by atoms with E-state index >= 15 is 0 Å². The molecule has 0 saturated heterocycles. The van der Waals surface area contributed by atoms with Gasteiger partial charge in [0.1, 0.15) is 5.92 Å². The van der Waals surface area contributed by atoms with Gasteiger partial charge in [-0.1, -0.05) is 31.2 Å². The van der Waals surface area contributed by atoms with Crippen LogP contribution in [0.15, 0.2) is 40.5 Å². The summed E-state index contributed by atoms with van der Waals surface area (Å²) in [6, 6.07) is 7.92. The number of carbonyl (C=O) groups is 2. The van der Waals surface area contributed by atoms with Crippen molar-refractivity contribution in [1.29, 1.82) is 0 Å². The van der Waals surface area contributed by atoms with Crippen molar-refractivity contribution in [2.24, 2.45) is 10.9 Å². The minimum atomic E-state index is -0.639. The number of methoxy groups -OCH3 is 2. The van der Waals surface area contributed by atoms with E-state index in [0.29, 0.717) is 17.0 Å². The molecule has 0 radical (unpaired) electrons. The fraction of sp³-hybridized carbons (Fsp3) is 0.421. The van der Waals surface area contributed by atoms with Crippen molar-refractivity contribution in [3.63, 3.8) is 0 Å². The molecule has 0 aromatic heterocycles. The van der Waals surface area contributed by atoms with Gasteiger partial charge in [0.2, 0.25) is 0 Å². The van der Waals surface area contributed by atoms with Gasteiger partial charge in [-0.3, -0.25) is 9.79 Å². The van der Waals surface area contributed by atoms with Crippen LogP contribution in [0.5, 0.6) is 0 Å². The van der Waals surface area contributed by atoms with Crippen LogP contribution in [0.1, 0.15) is 37.8 Å². The number of hydrogen-bond donors (Lipinski definition) is 0. The summed E-state index contributed by atoms with van der Waals surface area (Å²) in [6.45, 7) is 5.62. The van der Waals surface area contributed by atoms with Crippen LogP contribution in [-0.4, -0.2) is 31.9 Å². The maximum Gasteiger partial charge on any atom is 0.336 e. The summed E-state index contributed by atoms with van der Waals surface area (Å²) < 4.78 is 9.89. The van der Waals surface area contributed by atoms with Gasteiger partial charge >= 0.3 is 11.9 Å². The van der Waals surface area contributed by atoms with Gasteiger partial charge in [0.05, 0.1) is 19.8 Å². The number of aryl methyl sites for hydroxylation is 1. The summed E-state index contributed by atoms with van der Waals surface area (Å²) in [4.78, 5) is 29.1. The van der Waals surface area contributed by atoms with Crippen molar-refractivity contribution in [3.05, 3.63) is 46.7 Å². The normalized spacial score (nSPS) is 20.5. The first kappa shape index (κ1) is 17.9. The van der Waals surface area contributed by atoms with Crippen LogP contribution >= 0.6 is 0 Å². The van der Waals surface area contributed by atoms with E-state index in [1.165, 1.54) is 19.8 Å². The van der Waals surface area contributed by atoms with Crippen LogP contribution in [0.25, 0.3) is 0 Å². The molecule has 5 heteroatoms. The monoisotopic (exact) mass is 329 g/mol. The molecule has 1 aliphatic heterocycles. The molecule has 2 atom stereocenters. The molecule has 2 rings (SSSR count). The maximum absolute atomic E-state index is 12.4. The SMILES string of the molecule is CCc1ccc([C@@H]2C(C(=O)OC)=C(C)N=C(C)[C@H]2C(=O)OC)cc1. The zero-order chi connectivity index (χ0) is 17.9. The number of hydrogen-bond acceptors (Lipinski definition) is 5. The molecule has 0 unspecified atom stereocenters. The standard InChI is InChI=1S/C19H23NO4/c1-6-13-7-9-14(10-8-13)17-15(18(21)23-4)11(2)20-12(3)16(17)19(22)24-5/h7-10,15,17H,6H2,1-5H3/t15-,17+/m1/s1. The second-order valence-electron chi connectivity index (χ2n) is 5.82. The van der Waals surface area contributed by atoms with E-state index in [4.69, 9.17) is 9.47 Å². The van der Waals surface area contributed by atoms with E-state index < -0.39 is 23.8 Å². The Labute approximate surface area is 142 Å². The zero-order valence-corrected chi connectivity index (χ0v) is 14.8. The highest BCUT2D eigenvalue weighted by Gasteiger charge is 2.41. The number of carbonyl (C=O) groups excluding carboxylic acids is 2. The van der Waals surface area contributed by atoms with Crippen LogP contribution in [0.4, 0.5) is 0 Å².